The number of ether oxygens (including phenoxy) is 1. The maximum absolute atomic E-state index is 11.7. The quantitative estimate of drug-likeness (QED) is 0.481. The van der Waals surface area contributed by atoms with Crippen molar-refractivity contribution in [2.45, 2.75) is 52.0 Å². The molecule has 0 radical (unpaired) electrons. The average Bonchev–Trinajstić information content (AvgIpc) is 2.34. The molecule has 0 aliphatic heterocycles. The summed E-state index contributed by atoms with van der Waals surface area (Å²) in [5.74, 6) is -0.452. The lowest BCUT2D eigenvalue weighted by atomic mass is 10.0. The first-order chi connectivity index (χ1) is 8.52. The molecule has 0 aromatic heterocycles. The molecule has 0 fully saturated rings. The van der Waals surface area contributed by atoms with Gasteiger partial charge in [0.25, 0.3) is 0 Å². The lowest BCUT2D eigenvalue weighted by Gasteiger charge is -2.19. The minimum atomic E-state index is -0.549. The maximum Gasteiger partial charge on any atom is 0.328 e. The molecule has 0 spiro atoms. The van der Waals surface area contributed by atoms with Crippen LogP contribution in [0.15, 0.2) is 0 Å². The highest BCUT2D eigenvalue weighted by Crippen LogP contribution is 2.06. The van der Waals surface area contributed by atoms with Gasteiger partial charge in [-0.2, -0.15) is 0 Å². The first kappa shape index (κ1) is 16.9. The second-order valence-corrected chi connectivity index (χ2v) is 4.77. The molecule has 0 saturated carbocycles. The van der Waals surface area contributed by atoms with Gasteiger partial charge in [0.05, 0.1) is 7.11 Å². The monoisotopic (exact) mass is 258 g/mol. The van der Waals surface area contributed by atoms with Crippen molar-refractivity contribution < 1.29 is 14.3 Å². The summed E-state index contributed by atoms with van der Waals surface area (Å²) in [6, 6.07) is -0.549. The zero-order valence-electron chi connectivity index (χ0n) is 11.7. The van der Waals surface area contributed by atoms with E-state index in [1.807, 2.05) is 13.8 Å². The van der Waals surface area contributed by atoms with E-state index in [0.717, 1.165) is 25.7 Å². The molecular weight excluding hydrogens is 232 g/mol. The number of carbonyl (C=O) groups excluding carboxylic acids is 2. The molecular formula is C13H26N2O3. The molecule has 5 nitrogen and oxygen atoms in total. The number of nitrogens with one attached hydrogen (secondary N) is 1. The summed E-state index contributed by atoms with van der Waals surface area (Å²) in [6.07, 6.45) is 4.32. The SMILES string of the molecule is COC(=O)[C@H](NC(=O)CCCCCCN)C(C)C. The van der Waals surface area contributed by atoms with Crippen molar-refractivity contribution >= 4 is 11.9 Å². The normalized spacial score (nSPS) is 12.3. The Morgan fingerprint density at radius 2 is 1.78 bits per heavy atom. The summed E-state index contributed by atoms with van der Waals surface area (Å²) in [5.41, 5.74) is 5.39. The number of esters is 1. The third kappa shape index (κ3) is 7.27. The standard InChI is InChI=1S/C13H26N2O3/c1-10(2)12(13(17)18-3)15-11(16)8-6-4-5-7-9-14/h10,12H,4-9,14H2,1-3H3,(H,15,16)/t12-/m1/s1. The van der Waals surface area contributed by atoms with E-state index in [1.165, 1.54) is 7.11 Å². The number of nitrogens with two attached hydrogens (primary N) is 1. The van der Waals surface area contributed by atoms with Crippen molar-refractivity contribution in [2.24, 2.45) is 11.7 Å². The Kier molecular flexibility index (Phi) is 9.28. The molecule has 0 aliphatic carbocycles. The lowest BCUT2D eigenvalue weighted by Crippen LogP contribution is -2.44. The summed E-state index contributed by atoms with van der Waals surface area (Å²) in [4.78, 5) is 23.1. The van der Waals surface area contributed by atoms with Gasteiger partial charge < -0.3 is 15.8 Å². The smallest absolute Gasteiger partial charge is 0.328 e. The molecule has 0 aliphatic rings. The first-order valence-electron chi connectivity index (χ1n) is 6.60. The van der Waals surface area contributed by atoms with Crippen LogP contribution in [0, 0.1) is 5.92 Å². The highest BCUT2D eigenvalue weighted by Gasteiger charge is 2.24. The highest BCUT2D eigenvalue weighted by molar-refractivity contribution is 5.84. The summed E-state index contributed by atoms with van der Waals surface area (Å²) in [6.45, 7) is 4.45. The van der Waals surface area contributed by atoms with Gasteiger partial charge in [0.15, 0.2) is 0 Å². The first-order valence-corrected chi connectivity index (χ1v) is 6.60. The number of carbonyl (C=O) groups is 2. The number of methoxy groups -OCH3 is 1. The van der Waals surface area contributed by atoms with E-state index in [-0.39, 0.29) is 17.8 Å². The number of rotatable bonds is 9. The van der Waals surface area contributed by atoms with E-state index >= 15 is 0 Å². The number of amides is 1. The van der Waals surface area contributed by atoms with E-state index in [2.05, 4.69) is 10.1 Å². The summed E-state index contributed by atoms with van der Waals surface area (Å²) in [5, 5.41) is 2.72. The molecule has 1 atom stereocenters. The molecule has 0 aromatic carbocycles. The van der Waals surface area contributed by atoms with Gasteiger partial charge in [-0.1, -0.05) is 26.7 Å². The Bertz CT molecular complexity index is 255. The van der Waals surface area contributed by atoms with Gasteiger partial charge >= 0.3 is 5.97 Å². The van der Waals surface area contributed by atoms with Crippen molar-refractivity contribution in [3.05, 3.63) is 0 Å². The number of hydrogen-bond acceptors (Lipinski definition) is 4. The Morgan fingerprint density at radius 3 is 2.28 bits per heavy atom. The molecule has 1 amide bonds. The molecule has 0 saturated heterocycles. The van der Waals surface area contributed by atoms with Crippen molar-refractivity contribution in [3.63, 3.8) is 0 Å². The van der Waals surface area contributed by atoms with Gasteiger partial charge in [-0.05, 0) is 25.3 Å². The van der Waals surface area contributed by atoms with Crippen molar-refractivity contribution in [1.82, 2.24) is 5.32 Å². The Labute approximate surface area is 109 Å². The van der Waals surface area contributed by atoms with Gasteiger partial charge in [-0.15, -0.1) is 0 Å². The van der Waals surface area contributed by atoms with Crippen molar-refractivity contribution in [3.8, 4) is 0 Å². The van der Waals surface area contributed by atoms with E-state index in [4.69, 9.17) is 5.73 Å². The van der Waals surface area contributed by atoms with Crippen molar-refractivity contribution in [2.75, 3.05) is 13.7 Å². The molecule has 0 rings (SSSR count). The highest BCUT2D eigenvalue weighted by atomic mass is 16.5. The van der Waals surface area contributed by atoms with Crippen LogP contribution < -0.4 is 11.1 Å². The third-order valence-electron chi connectivity index (χ3n) is 2.80. The van der Waals surface area contributed by atoms with Crippen LogP contribution in [0.1, 0.15) is 46.0 Å². The zero-order valence-corrected chi connectivity index (χ0v) is 11.7. The van der Waals surface area contributed by atoms with E-state index in [0.29, 0.717) is 13.0 Å². The fourth-order valence-corrected chi connectivity index (χ4v) is 1.65. The Balaban J connectivity index is 3.92. The molecule has 106 valence electrons. The van der Waals surface area contributed by atoms with E-state index in [1.54, 1.807) is 0 Å². The predicted molar refractivity (Wildman–Crippen MR) is 70.9 cm³/mol. The van der Waals surface area contributed by atoms with Crippen LogP contribution in [-0.2, 0) is 14.3 Å². The molecule has 0 heterocycles. The largest absolute Gasteiger partial charge is 0.467 e. The van der Waals surface area contributed by atoms with Gasteiger partial charge in [-0.3, -0.25) is 4.79 Å². The Hall–Kier alpha value is -1.10. The minimum Gasteiger partial charge on any atom is -0.467 e. The van der Waals surface area contributed by atoms with Crippen LogP contribution in [0.5, 0.6) is 0 Å². The summed E-state index contributed by atoms with van der Waals surface area (Å²) >= 11 is 0. The van der Waals surface area contributed by atoms with Crippen LogP contribution in [0.2, 0.25) is 0 Å². The van der Waals surface area contributed by atoms with Crippen LogP contribution in [-0.4, -0.2) is 31.6 Å². The number of hydrogen-bond donors (Lipinski definition) is 2. The maximum atomic E-state index is 11.7. The molecule has 18 heavy (non-hydrogen) atoms. The van der Waals surface area contributed by atoms with Gasteiger partial charge in [0, 0.05) is 6.42 Å². The summed E-state index contributed by atoms with van der Waals surface area (Å²) < 4.78 is 4.66. The zero-order chi connectivity index (χ0) is 14.0. The van der Waals surface area contributed by atoms with E-state index < -0.39 is 6.04 Å². The average molecular weight is 258 g/mol. The second kappa shape index (κ2) is 9.88. The molecule has 0 bridgehead atoms. The lowest BCUT2D eigenvalue weighted by molar-refractivity contribution is -0.146. The molecule has 3 N–H and O–H groups in total. The molecule has 0 aromatic rings. The fraction of sp³-hybridized carbons (Fsp3) is 0.846. The van der Waals surface area contributed by atoms with Gasteiger partial charge in [0.1, 0.15) is 6.04 Å². The van der Waals surface area contributed by atoms with Gasteiger partial charge in [-0.25, -0.2) is 4.79 Å². The van der Waals surface area contributed by atoms with Crippen LogP contribution in [0.25, 0.3) is 0 Å². The second-order valence-electron chi connectivity index (χ2n) is 4.77. The third-order valence-corrected chi connectivity index (χ3v) is 2.80. The summed E-state index contributed by atoms with van der Waals surface area (Å²) in [7, 11) is 1.33. The van der Waals surface area contributed by atoms with Gasteiger partial charge in [0.2, 0.25) is 5.91 Å². The molecule has 0 unspecified atom stereocenters. The van der Waals surface area contributed by atoms with E-state index in [9.17, 15) is 9.59 Å². The molecule has 5 heteroatoms. The van der Waals surface area contributed by atoms with Crippen LogP contribution in [0.3, 0.4) is 0 Å². The topological polar surface area (TPSA) is 81.4 Å². The predicted octanol–water partition coefficient (Wildman–Crippen LogP) is 1.21. The van der Waals surface area contributed by atoms with Crippen LogP contribution >= 0.6 is 0 Å². The Morgan fingerprint density at radius 1 is 1.17 bits per heavy atom. The fourth-order valence-electron chi connectivity index (χ4n) is 1.65. The number of unbranched alkanes of at least 4 members (excludes halogenated alkanes) is 3. The minimum absolute atomic E-state index is 0.0265. The van der Waals surface area contributed by atoms with Crippen molar-refractivity contribution in [1.29, 1.82) is 0 Å². The van der Waals surface area contributed by atoms with Crippen LogP contribution in [0.4, 0.5) is 0 Å².